The largest absolute Gasteiger partial charge is 0.397 e. The van der Waals surface area contributed by atoms with Gasteiger partial charge in [0.1, 0.15) is 0 Å². The summed E-state index contributed by atoms with van der Waals surface area (Å²) in [6.45, 7) is 0. The number of hydrogen-bond acceptors (Lipinski definition) is 4. The van der Waals surface area contributed by atoms with Gasteiger partial charge in [-0.2, -0.15) is 0 Å². The van der Waals surface area contributed by atoms with E-state index in [9.17, 15) is 9.59 Å². The highest BCUT2D eigenvalue weighted by Crippen LogP contribution is 2.21. The standard InChI is InChI=1S/C14H13ClN4O2/c1-17-13(20)9-7-8(4-5-10(9)15)19-14(21)12-11(16)3-2-6-18-12/h2-7H,16H2,1H3,(H,17,20)(H,19,21). The summed E-state index contributed by atoms with van der Waals surface area (Å²) in [5, 5.41) is 5.40. The van der Waals surface area contributed by atoms with Gasteiger partial charge in [0, 0.05) is 18.9 Å². The summed E-state index contributed by atoms with van der Waals surface area (Å²) in [5.41, 5.74) is 6.78. The molecule has 1 aromatic carbocycles. The number of amides is 2. The van der Waals surface area contributed by atoms with Gasteiger partial charge in [0.25, 0.3) is 11.8 Å². The lowest BCUT2D eigenvalue weighted by Gasteiger charge is -2.09. The number of aromatic nitrogens is 1. The second-order valence-electron chi connectivity index (χ2n) is 4.17. The molecular formula is C14H13ClN4O2. The van der Waals surface area contributed by atoms with Gasteiger partial charge in [-0.05, 0) is 30.3 Å². The number of nitrogens with one attached hydrogen (secondary N) is 2. The van der Waals surface area contributed by atoms with Crippen LogP contribution in [-0.4, -0.2) is 23.8 Å². The maximum Gasteiger partial charge on any atom is 0.276 e. The molecule has 21 heavy (non-hydrogen) atoms. The van der Waals surface area contributed by atoms with Gasteiger partial charge in [-0.3, -0.25) is 9.59 Å². The van der Waals surface area contributed by atoms with Crippen LogP contribution in [0.4, 0.5) is 11.4 Å². The first-order chi connectivity index (χ1) is 10.0. The van der Waals surface area contributed by atoms with Gasteiger partial charge in [0.05, 0.1) is 16.3 Å². The molecule has 1 heterocycles. The molecule has 0 spiro atoms. The minimum absolute atomic E-state index is 0.119. The Morgan fingerprint density at radius 2 is 2.00 bits per heavy atom. The fraction of sp³-hybridized carbons (Fsp3) is 0.0714. The third-order valence-electron chi connectivity index (χ3n) is 2.75. The summed E-state index contributed by atoms with van der Waals surface area (Å²) < 4.78 is 0. The molecule has 7 heteroatoms. The number of anilines is 2. The fourth-order valence-corrected chi connectivity index (χ4v) is 1.91. The zero-order valence-corrected chi connectivity index (χ0v) is 11.9. The zero-order valence-electron chi connectivity index (χ0n) is 11.2. The number of nitrogens with zero attached hydrogens (tertiary/aromatic N) is 1. The lowest BCUT2D eigenvalue weighted by molar-refractivity contribution is 0.0961. The molecule has 2 amide bonds. The second kappa shape index (κ2) is 6.23. The molecule has 108 valence electrons. The summed E-state index contributed by atoms with van der Waals surface area (Å²) in [5.74, 6) is -0.799. The smallest absolute Gasteiger partial charge is 0.276 e. The molecular weight excluding hydrogens is 292 g/mol. The maximum absolute atomic E-state index is 12.1. The average molecular weight is 305 g/mol. The molecule has 0 saturated heterocycles. The Hall–Kier alpha value is -2.60. The Kier molecular flexibility index (Phi) is 4.39. The molecule has 4 N–H and O–H groups in total. The van der Waals surface area contributed by atoms with E-state index in [1.54, 1.807) is 18.2 Å². The van der Waals surface area contributed by atoms with Crippen molar-refractivity contribution in [1.82, 2.24) is 10.3 Å². The third kappa shape index (κ3) is 3.29. The van der Waals surface area contributed by atoms with Crippen LogP contribution < -0.4 is 16.4 Å². The van der Waals surface area contributed by atoms with Gasteiger partial charge in [0.2, 0.25) is 0 Å². The van der Waals surface area contributed by atoms with E-state index in [0.717, 1.165) is 0 Å². The quantitative estimate of drug-likeness (QED) is 0.807. The summed E-state index contributed by atoms with van der Waals surface area (Å²) in [6, 6.07) is 7.82. The highest BCUT2D eigenvalue weighted by molar-refractivity contribution is 6.34. The molecule has 1 aromatic heterocycles. The van der Waals surface area contributed by atoms with Gasteiger partial charge < -0.3 is 16.4 Å². The van der Waals surface area contributed by atoms with Gasteiger partial charge >= 0.3 is 0 Å². The van der Waals surface area contributed by atoms with Crippen molar-refractivity contribution in [3.05, 3.63) is 52.8 Å². The van der Waals surface area contributed by atoms with E-state index in [-0.39, 0.29) is 22.9 Å². The number of pyridine rings is 1. The highest BCUT2D eigenvalue weighted by Gasteiger charge is 2.14. The number of carbonyl (C=O) groups excluding carboxylic acids is 2. The molecule has 0 fully saturated rings. The molecule has 2 rings (SSSR count). The molecule has 0 aliphatic rings. The van der Waals surface area contributed by atoms with Crippen LogP contribution in [0, 0.1) is 0 Å². The fourth-order valence-electron chi connectivity index (χ4n) is 1.71. The van der Waals surface area contributed by atoms with E-state index in [1.165, 1.54) is 25.4 Å². The lowest BCUT2D eigenvalue weighted by atomic mass is 10.2. The molecule has 0 aliphatic carbocycles. The first kappa shape index (κ1) is 14.8. The van der Waals surface area contributed by atoms with E-state index in [0.29, 0.717) is 10.7 Å². The van der Waals surface area contributed by atoms with E-state index in [2.05, 4.69) is 15.6 Å². The number of halogens is 1. The number of rotatable bonds is 3. The van der Waals surface area contributed by atoms with Crippen LogP contribution in [0.15, 0.2) is 36.5 Å². The molecule has 0 bridgehead atoms. The first-order valence-electron chi connectivity index (χ1n) is 6.06. The average Bonchev–Trinajstić information content (AvgIpc) is 2.48. The van der Waals surface area contributed by atoms with Crippen LogP contribution in [0.25, 0.3) is 0 Å². The van der Waals surface area contributed by atoms with Crippen molar-refractivity contribution in [2.75, 3.05) is 18.1 Å². The van der Waals surface area contributed by atoms with Crippen LogP contribution in [0.5, 0.6) is 0 Å². The van der Waals surface area contributed by atoms with Gasteiger partial charge in [-0.15, -0.1) is 0 Å². The van der Waals surface area contributed by atoms with Crippen molar-refractivity contribution >= 4 is 34.8 Å². The van der Waals surface area contributed by atoms with Crippen LogP contribution in [0.2, 0.25) is 5.02 Å². The maximum atomic E-state index is 12.1. The molecule has 0 unspecified atom stereocenters. The molecule has 0 saturated carbocycles. The van der Waals surface area contributed by atoms with Gasteiger partial charge in [-0.25, -0.2) is 4.98 Å². The predicted molar refractivity (Wildman–Crippen MR) is 81.4 cm³/mol. The summed E-state index contributed by atoms with van der Waals surface area (Å²) in [6.07, 6.45) is 1.48. The monoisotopic (exact) mass is 304 g/mol. The van der Waals surface area contributed by atoms with Crippen LogP contribution >= 0.6 is 11.6 Å². The minimum atomic E-state index is -0.460. The van der Waals surface area contributed by atoms with Crippen molar-refractivity contribution in [1.29, 1.82) is 0 Å². The summed E-state index contributed by atoms with van der Waals surface area (Å²) >= 11 is 5.94. The summed E-state index contributed by atoms with van der Waals surface area (Å²) in [4.78, 5) is 27.7. The molecule has 6 nitrogen and oxygen atoms in total. The zero-order chi connectivity index (χ0) is 15.4. The van der Waals surface area contributed by atoms with Crippen LogP contribution in [0.1, 0.15) is 20.8 Å². The van der Waals surface area contributed by atoms with E-state index >= 15 is 0 Å². The topological polar surface area (TPSA) is 97.1 Å². The van der Waals surface area contributed by atoms with Gasteiger partial charge in [0.15, 0.2) is 5.69 Å². The predicted octanol–water partition coefficient (Wildman–Crippen LogP) is 1.93. The Labute approximate surface area is 126 Å². The Bertz CT molecular complexity index is 703. The minimum Gasteiger partial charge on any atom is -0.397 e. The van der Waals surface area contributed by atoms with Crippen molar-refractivity contribution < 1.29 is 9.59 Å². The number of carbonyl (C=O) groups is 2. The lowest BCUT2D eigenvalue weighted by Crippen LogP contribution is -2.19. The van der Waals surface area contributed by atoms with Crippen LogP contribution in [-0.2, 0) is 0 Å². The first-order valence-corrected chi connectivity index (χ1v) is 6.44. The van der Waals surface area contributed by atoms with Gasteiger partial charge in [-0.1, -0.05) is 11.6 Å². The van der Waals surface area contributed by atoms with Crippen molar-refractivity contribution in [2.45, 2.75) is 0 Å². The molecule has 2 aromatic rings. The molecule has 0 aliphatic heterocycles. The number of nitrogens with two attached hydrogens (primary N) is 1. The second-order valence-corrected chi connectivity index (χ2v) is 4.58. The third-order valence-corrected chi connectivity index (χ3v) is 3.08. The van der Waals surface area contributed by atoms with E-state index in [1.807, 2.05) is 0 Å². The normalized spacial score (nSPS) is 10.0. The Morgan fingerprint density at radius 3 is 2.67 bits per heavy atom. The summed E-state index contributed by atoms with van der Waals surface area (Å²) in [7, 11) is 1.50. The van der Waals surface area contributed by atoms with Crippen molar-refractivity contribution in [3.63, 3.8) is 0 Å². The molecule has 0 atom stereocenters. The number of benzene rings is 1. The van der Waals surface area contributed by atoms with Crippen molar-refractivity contribution in [2.24, 2.45) is 0 Å². The SMILES string of the molecule is CNC(=O)c1cc(NC(=O)c2ncccc2N)ccc1Cl. The number of hydrogen-bond donors (Lipinski definition) is 3. The molecule has 0 radical (unpaired) electrons. The van der Waals surface area contributed by atoms with E-state index < -0.39 is 5.91 Å². The Morgan fingerprint density at radius 1 is 1.24 bits per heavy atom. The van der Waals surface area contributed by atoms with Crippen LogP contribution in [0.3, 0.4) is 0 Å². The van der Waals surface area contributed by atoms with E-state index in [4.69, 9.17) is 17.3 Å². The van der Waals surface area contributed by atoms with Crippen molar-refractivity contribution in [3.8, 4) is 0 Å². The Balaban J connectivity index is 2.26. The highest BCUT2D eigenvalue weighted by atomic mass is 35.5. The number of nitrogen functional groups attached to an aromatic ring is 1.